The van der Waals surface area contributed by atoms with Crippen LogP contribution in [0.4, 0.5) is 15.2 Å². The first-order chi connectivity index (χ1) is 17.2. The molecule has 3 aromatic carbocycles. The molecule has 4 aromatic rings. The highest BCUT2D eigenvalue weighted by Crippen LogP contribution is 2.31. The molecule has 1 amide bonds. The number of nitrogens with zero attached hydrogens (tertiary/aromatic N) is 4. The lowest BCUT2D eigenvalue weighted by Crippen LogP contribution is -2.33. The topological polar surface area (TPSA) is 73.8 Å². The van der Waals surface area contributed by atoms with Crippen LogP contribution in [0.5, 0.6) is 0 Å². The van der Waals surface area contributed by atoms with E-state index in [1.807, 2.05) is 25.1 Å². The van der Waals surface area contributed by atoms with Crippen molar-refractivity contribution < 1.29 is 17.6 Å². The van der Waals surface area contributed by atoms with Gasteiger partial charge in [0.1, 0.15) is 5.82 Å². The molecule has 7 nitrogen and oxygen atoms in total. The van der Waals surface area contributed by atoms with Gasteiger partial charge in [-0.3, -0.25) is 14.0 Å². The van der Waals surface area contributed by atoms with Crippen LogP contribution in [0.2, 0.25) is 0 Å². The number of thiazole rings is 1. The largest absolute Gasteiger partial charge is 0.309 e. The lowest BCUT2D eigenvalue weighted by Gasteiger charge is -2.22. The molecule has 10 heteroatoms. The molecule has 0 unspecified atom stereocenters. The molecule has 0 spiro atoms. The van der Waals surface area contributed by atoms with Crippen molar-refractivity contribution in [2.75, 3.05) is 43.4 Å². The second kappa shape index (κ2) is 10.7. The molecule has 0 fully saturated rings. The number of rotatable bonds is 9. The van der Waals surface area contributed by atoms with E-state index in [1.54, 1.807) is 35.2 Å². The van der Waals surface area contributed by atoms with Gasteiger partial charge in [0, 0.05) is 19.2 Å². The van der Waals surface area contributed by atoms with Crippen molar-refractivity contribution in [3.63, 3.8) is 0 Å². The van der Waals surface area contributed by atoms with Gasteiger partial charge >= 0.3 is 0 Å². The normalized spacial score (nSPS) is 11.7. The number of para-hydroxylation sites is 1. The molecular weight excluding hydrogens is 499 g/mol. The van der Waals surface area contributed by atoms with E-state index in [0.29, 0.717) is 39.6 Å². The molecule has 36 heavy (non-hydrogen) atoms. The van der Waals surface area contributed by atoms with E-state index in [4.69, 9.17) is 0 Å². The Morgan fingerprint density at radius 1 is 0.944 bits per heavy atom. The number of fused-ring (bicyclic) bond motifs is 1. The molecule has 188 valence electrons. The van der Waals surface area contributed by atoms with Crippen LogP contribution in [0.1, 0.15) is 16.8 Å². The zero-order valence-electron chi connectivity index (χ0n) is 20.3. The predicted octanol–water partition coefficient (Wildman–Crippen LogP) is 4.86. The fourth-order valence-electron chi connectivity index (χ4n) is 3.69. The Balaban J connectivity index is 1.61. The van der Waals surface area contributed by atoms with Crippen molar-refractivity contribution in [3.05, 3.63) is 84.2 Å². The third-order valence-corrected chi connectivity index (χ3v) is 8.52. The third-order valence-electron chi connectivity index (χ3n) is 5.68. The Hall–Kier alpha value is -3.34. The van der Waals surface area contributed by atoms with Gasteiger partial charge in [-0.1, -0.05) is 29.5 Å². The summed E-state index contributed by atoms with van der Waals surface area (Å²) in [5.74, 6) is -0.658. The molecule has 0 saturated heterocycles. The van der Waals surface area contributed by atoms with Crippen LogP contribution in [0.25, 0.3) is 10.2 Å². The highest BCUT2D eigenvalue weighted by molar-refractivity contribution is 7.92. The SMILES string of the molecule is CN(C)CCCN(C(=O)c1ccc(S(=O)(=O)N(C)c2ccccc2)cc1)c1nc2ccc(F)cc2s1. The van der Waals surface area contributed by atoms with Crippen molar-refractivity contribution in [3.8, 4) is 0 Å². The van der Waals surface area contributed by atoms with Gasteiger partial charge in [-0.2, -0.15) is 0 Å². The van der Waals surface area contributed by atoms with Crippen molar-refractivity contribution in [1.82, 2.24) is 9.88 Å². The zero-order valence-corrected chi connectivity index (χ0v) is 21.9. The van der Waals surface area contributed by atoms with Gasteiger partial charge < -0.3 is 4.90 Å². The molecule has 0 N–H and O–H groups in total. The van der Waals surface area contributed by atoms with E-state index in [-0.39, 0.29) is 16.6 Å². The number of carbonyl (C=O) groups is 1. The van der Waals surface area contributed by atoms with E-state index < -0.39 is 10.0 Å². The van der Waals surface area contributed by atoms with Crippen LogP contribution in [0.3, 0.4) is 0 Å². The van der Waals surface area contributed by atoms with Gasteiger partial charge in [0.25, 0.3) is 15.9 Å². The molecule has 0 bridgehead atoms. The van der Waals surface area contributed by atoms with Crippen molar-refractivity contribution >= 4 is 48.3 Å². The van der Waals surface area contributed by atoms with Gasteiger partial charge in [-0.05, 0) is 81.7 Å². The molecule has 0 aliphatic heterocycles. The molecule has 0 radical (unpaired) electrons. The number of hydrogen-bond donors (Lipinski definition) is 0. The van der Waals surface area contributed by atoms with Gasteiger partial charge in [0.05, 0.1) is 20.8 Å². The number of benzene rings is 3. The minimum Gasteiger partial charge on any atom is -0.309 e. The highest BCUT2D eigenvalue weighted by atomic mass is 32.2. The number of halogens is 1. The van der Waals surface area contributed by atoms with Crippen LogP contribution in [0.15, 0.2) is 77.7 Å². The minimum atomic E-state index is -3.79. The fraction of sp³-hybridized carbons (Fsp3) is 0.231. The summed E-state index contributed by atoms with van der Waals surface area (Å²) in [6, 6.07) is 19.0. The quantitative estimate of drug-likeness (QED) is 0.312. The van der Waals surface area contributed by atoms with Crippen LogP contribution in [-0.4, -0.2) is 58.4 Å². The molecule has 0 saturated carbocycles. The number of aromatic nitrogens is 1. The lowest BCUT2D eigenvalue weighted by atomic mass is 10.2. The maximum Gasteiger partial charge on any atom is 0.264 e. The first-order valence-corrected chi connectivity index (χ1v) is 13.6. The molecule has 0 atom stereocenters. The second-order valence-corrected chi connectivity index (χ2v) is 11.5. The summed E-state index contributed by atoms with van der Waals surface area (Å²) in [4.78, 5) is 21.8. The van der Waals surface area contributed by atoms with Crippen molar-refractivity contribution in [2.24, 2.45) is 0 Å². The highest BCUT2D eigenvalue weighted by Gasteiger charge is 2.24. The first kappa shape index (κ1) is 25.7. The maximum atomic E-state index is 13.7. The molecule has 1 aromatic heterocycles. The maximum absolute atomic E-state index is 13.7. The molecule has 0 aliphatic carbocycles. The fourth-order valence-corrected chi connectivity index (χ4v) is 5.90. The predicted molar refractivity (Wildman–Crippen MR) is 143 cm³/mol. The van der Waals surface area contributed by atoms with E-state index in [0.717, 1.165) is 6.54 Å². The number of hydrogen-bond acceptors (Lipinski definition) is 6. The molecule has 0 aliphatic rings. The first-order valence-electron chi connectivity index (χ1n) is 11.3. The number of amides is 1. The Bertz CT molecular complexity index is 1460. The summed E-state index contributed by atoms with van der Waals surface area (Å²) in [7, 11) is 1.61. The molecular formula is C26H27FN4O3S2. The van der Waals surface area contributed by atoms with E-state index in [9.17, 15) is 17.6 Å². The Kier molecular flexibility index (Phi) is 7.67. The van der Waals surface area contributed by atoms with Crippen LogP contribution in [0, 0.1) is 5.82 Å². The van der Waals surface area contributed by atoms with Crippen LogP contribution in [-0.2, 0) is 10.0 Å². The number of carbonyl (C=O) groups excluding carboxylic acids is 1. The summed E-state index contributed by atoms with van der Waals surface area (Å²) in [5, 5.41) is 0.472. The second-order valence-electron chi connectivity index (χ2n) is 8.55. The smallest absolute Gasteiger partial charge is 0.264 e. The lowest BCUT2D eigenvalue weighted by molar-refractivity contribution is 0.0986. The zero-order chi connectivity index (χ0) is 25.9. The minimum absolute atomic E-state index is 0.0834. The Labute approximate surface area is 214 Å². The third kappa shape index (κ3) is 5.56. The number of sulfonamides is 1. The Morgan fingerprint density at radius 2 is 1.64 bits per heavy atom. The summed E-state index contributed by atoms with van der Waals surface area (Å²) in [5.41, 5.74) is 1.50. The molecule has 4 rings (SSSR count). The van der Waals surface area contributed by atoms with E-state index in [1.165, 1.54) is 59.1 Å². The van der Waals surface area contributed by atoms with Gasteiger partial charge in [-0.25, -0.2) is 17.8 Å². The van der Waals surface area contributed by atoms with Gasteiger partial charge in [0.2, 0.25) is 0 Å². The summed E-state index contributed by atoms with van der Waals surface area (Å²) in [6.07, 6.45) is 0.706. The summed E-state index contributed by atoms with van der Waals surface area (Å²) < 4.78 is 41.7. The molecule has 1 heterocycles. The standard InChI is InChI=1S/C26H27FN4O3S2/c1-29(2)16-7-17-31(26-28-23-15-12-20(27)18-24(23)35-26)25(32)19-10-13-22(14-11-19)36(33,34)30(3)21-8-5-4-6-9-21/h4-6,8-15,18H,7,16-17H2,1-3H3. The van der Waals surface area contributed by atoms with Gasteiger partial charge in [0.15, 0.2) is 5.13 Å². The Morgan fingerprint density at radius 3 is 2.31 bits per heavy atom. The van der Waals surface area contributed by atoms with Crippen LogP contribution < -0.4 is 9.21 Å². The van der Waals surface area contributed by atoms with Gasteiger partial charge in [-0.15, -0.1) is 0 Å². The monoisotopic (exact) mass is 526 g/mol. The average Bonchev–Trinajstić information content (AvgIpc) is 3.29. The number of anilines is 2. The summed E-state index contributed by atoms with van der Waals surface area (Å²) in [6.45, 7) is 1.18. The average molecular weight is 527 g/mol. The van der Waals surface area contributed by atoms with Crippen LogP contribution >= 0.6 is 11.3 Å². The van der Waals surface area contributed by atoms with E-state index in [2.05, 4.69) is 4.98 Å². The van der Waals surface area contributed by atoms with E-state index >= 15 is 0 Å². The van der Waals surface area contributed by atoms with Crippen molar-refractivity contribution in [2.45, 2.75) is 11.3 Å². The van der Waals surface area contributed by atoms with Crippen molar-refractivity contribution in [1.29, 1.82) is 0 Å². The summed E-state index contributed by atoms with van der Waals surface area (Å²) >= 11 is 1.25.